The van der Waals surface area contributed by atoms with E-state index in [2.05, 4.69) is 11.6 Å². The molecule has 2 nitrogen and oxygen atoms in total. The summed E-state index contributed by atoms with van der Waals surface area (Å²) in [6, 6.07) is 3.66. The van der Waals surface area contributed by atoms with Crippen molar-refractivity contribution in [2.75, 3.05) is 0 Å². The van der Waals surface area contributed by atoms with Gasteiger partial charge in [0.15, 0.2) is 5.78 Å². The van der Waals surface area contributed by atoms with Gasteiger partial charge in [0, 0.05) is 23.4 Å². The molecule has 0 saturated carbocycles. The van der Waals surface area contributed by atoms with Crippen molar-refractivity contribution in [3.05, 3.63) is 41.7 Å². The Balaban J connectivity index is 2.84. The van der Waals surface area contributed by atoms with E-state index in [0.717, 1.165) is 23.4 Å². The average molecular weight is 189 g/mol. The number of nitrogens with zero attached hydrogens (tertiary/aromatic N) is 1. The van der Waals surface area contributed by atoms with Crippen LogP contribution in [0.5, 0.6) is 0 Å². The van der Waals surface area contributed by atoms with Crippen molar-refractivity contribution in [1.82, 2.24) is 4.98 Å². The van der Waals surface area contributed by atoms with Crippen LogP contribution < -0.4 is 0 Å². The number of pyridine rings is 1. The highest BCUT2D eigenvalue weighted by molar-refractivity contribution is 5.96. The van der Waals surface area contributed by atoms with E-state index in [1.165, 1.54) is 0 Å². The van der Waals surface area contributed by atoms with Gasteiger partial charge in [-0.25, -0.2) is 0 Å². The smallest absolute Gasteiger partial charge is 0.163 e. The fraction of sp³-hybridized carbons (Fsp3) is 0.333. The molecule has 0 radical (unpaired) electrons. The SMILES string of the molecule is C=CCCC(=O)c1cc(C)nc(C)c1. The van der Waals surface area contributed by atoms with Gasteiger partial charge in [0.1, 0.15) is 0 Å². The summed E-state index contributed by atoms with van der Waals surface area (Å²) < 4.78 is 0. The Morgan fingerprint density at radius 1 is 1.43 bits per heavy atom. The molecular formula is C12H15NO. The zero-order valence-electron chi connectivity index (χ0n) is 8.71. The summed E-state index contributed by atoms with van der Waals surface area (Å²) in [7, 11) is 0. The van der Waals surface area contributed by atoms with Crippen LogP contribution >= 0.6 is 0 Å². The van der Waals surface area contributed by atoms with Crippen molar-refractivity contribution in [3.63, 3.8) is 0 Å². The third kappa shape index (κ3) is 2.80. The van der Waals surface area contributed by atoms with E-state index in [-0.39, 0.29) is 5.78 Å². The first-order valence-electron chi connectivity index (χ1n) is 4.73. The number of carbonyl (C=O) groups excluding carboxylic acids is 1. The monoisotopic (exact) mass is 189 g/mol. The summed E-state index contributed by atoms with van der Waals surface area (Å²) in [6.45, 7) is 7.40. The lowest BCUT2D eigenvalue weighted by molar-refractivity contribution is 0.0983. The van der Waals surface area contributed by atoms with Crippen molar-refractivity contribution in [1.29, 1.82) is 0 Å². The van der Waals surface area contributed by atoms with Gasteiger partial charge < -0.3 is 0 Å². The molecule has 74 valence electrons. The minimum Gasteiger partial charge on any atom is -0.294 e. The fourth-order valence-corrected chi connectivity index (χ4v) is 1.37. The van der Waals surface area contributed by atoms with E-state index in [0.29, 0.717) is 6.42 Å². The summed E-state index contributed by atoms with van der Waals surface area (Å²) in [4.78, 5) is 15.9. The maximum Gasteiger partial charge on any atom is 0.163 e. The number of ketones is 1. The van der Waals surface area contributed by atoms with Crippen molar-refractivity contribution in [2.45, 2.75) is 26.7 Å². The van der Waals surface area contributed by atoms with Crippen LogP contribution in [0.2, 0.25) is 0 Å². The normalized spacial score (nSPS) is 9.86. The number of aryl methyl sites for hydroxylation is 2. The number of hydrogen-bond donors (Lipinski definition) is 0. The molecule has 1 rings (SSSR count). The average Bonchev–Trinajstić information content (AvgIpc) is 2.12. The molecule has 1 heterocycles. The first-order chi connectivity index (χ1) is 6.63. The van der Waals surface area contributed by atoms with E-state index < -0.39 is 0 Å². The van der Waals surface area contributed by atoms with Gasteiger partial charge in [-0.3, -0.25) is 9.78 Å². The molecule has 0 aromatic carbocycles. The lowest BCUT2D eigenvalue weighted by Crippen LogP contribution is -2.00. The predicted molar refractivity (Wildman–Crippen MR) is 57.5 cm³/mol. The number of Topliss-reactive ketones (excluding diaryl/α,β-unsaturated/α-hetero) is 1. The third-order valence-electron chi connectivity index (χ3n) is 1.98. The van der Waals surface area contributed by atoms with Crippen LogP contribution in [0.4, 0.5) is 0 Å². The van der Waals surface area contributed by atoms with Gasteiger partial charge >= 0.3 is 0 Å². The Kier molecular flexibility index (Phi) is 3.57. The molecule has 0 aliphatic carbocycles. The van der Waals surface area contributed by atoms with Gasteiger partial charge in [-0.05, 0) is 32.4 Å². The Morgan fingerprint density at radius 3 is 2.50 bits per heavy atom. The minimum absolute atomic E-state index is 0.165. The summed E-state index contributed by atoms with van der Waals surface area (Å²) in [6.07, 6.45) is 3.03. The molecular weight excluding hydrogens is 174 g/mol. The van der Waals surface area contributed by atoms with Crippen LogP contribution in [0.15, 0.2) is 24.8 Å². The number of aromatic nitrogens is 1. The largest absolute Gasteiger partial charge is 0.294 e. The first kappa shape index (κ1) is 10.6. The maximum absolute atomic E-state index is 11.6. The lowest BCUT2D eigenvalue weighted by atomic mass is 10.1. The highest BCUT2D eigenvalue weighted by atomic mass is 16.1. The van der Waals surface area contributed by atoms with Gasteiger partial charge in [-0.1, -0.05) is 6.08 Å². The molecule has 1 aromatic heterocycles. The molecule has 0 unspecified atom stereocenters. The molecule has 0 aliphatic rings. The number of carbonyl (C=O) groups is 1. The van der Waals surface area contributed by atoms with Crippen LogP contribution in [0.25, 0.3) is 0 Å². The fourth-order valence-electron chi connectivity index (χ4n) is 1.37. The van der Waals surface area contributed by atoms with Crippen molar-refractivity contribution in [2.24, 2.45) is 0 Å². The molecule has 0 bridgehead atoms. The molecule has 0 N–H and O–H groups in total. The van der Waals surface area contributed by atoms with Crippen molar-refractivity contribution in [3.8, 4) is 0 Å². The Hall–Kier alpha value is -1.44. The second kappa shape index (κ2) is 4.70. The van der Waals surface area contributed by atoms with Crippen LogP contribution in [-0.4, -0.2) is 10.8 Å². The molecule has 0 saturated heterocycles. The molecule has 0 amide bonds. The molecule has 1 aromatic rings. The van der Waals surface area contributed by atoms with Gasteiger partial charge in [-0.15, -0.1) is 6.58 Å². The molecule has 2 heteroatoms. The molecule has 0 atom stereocenters. The zero-order chi connectivity index (χ0) is 10.6. The number of rotatable bonds is 4. The highest BCUT2D eigenvalue weighted by Gasteiger charge is 2.05. The van der Waals surface area contributed by atoms with E-state index in [1.54, 1.807) is 6.08 Å². The van der Waals surface area contributed by atoms with Crippen LogP contribution in [0.3, 0.4) is 0 Å². The highest BCUT2D eigenvalue weighted by Crippen LogP contribution is 2.09. The van der Waals surface area contributed by atoms with E-state index in [1.807, 2.05) is 26.0 Å². The van der Waals surface area contributed by atoms with E-state index in [9.17, 15) is 4.79 Å². The summed E-state index contributed by atoms with van der Waals surface area (Å²) in [5.41, 5.74) is 2.55. The van der Waals surface area contributed by atoms with Gasteiger partial charge in [-0.2, -0.15) is 0 Å². The number of allylic oxidation sites excluding steroid dienone is 1. The summed E-state index contributed by atoms with van der Waals surface area (Å²) in [5.74, 6) is 0.165. The van der Waals surface area contributed by atoms with Gasteiger partial charge in [0.2, 0.25) is 0 Å². The van der Waals surface area contributed by atoms with E-state index in [4.69, 9.17) is 0 Å². The second-order valence-electron chi connectivity index (χ2n) is 3.39. The van der Waals surface area contributed by atoms with Crippen LogP contribution in [0, 0.1) is 13.8 Å². The standard InChI is InChI=1S/C12H15NO/c1-4-5-6-12(14)11-7-9(2)13-10(3)8-11/h4,7-8H,1,5-6H2,2-3H3. The minimum atomic E-state index is 0.165. The Bertz CT molecular complexity index is 335. The zero-order valence-corrected chi connectivity index (χ0v) is 8.71. The third-order valence-corrected chi connectivity index (χ3v) is 1.98. The Labute approximate surface area is 84.7 Å². The first-order valence-corrected chi connectivity index (χ1v) is 4.73. The summed E-state index contributed by atoms with van der Waals surface area (Å²) >= 11 is 0. The summed E-state index contributed by atoms with van der Waals surface area (Å²) in [5, 5.41) is 0. The second-order valence-corrected chi connectivity index (χ2v) is 3.39. The molecule has 0 spiro atoms. The van der Waals surface area contributed by atoms with Crippen molar-refractivity contribution >= 4 is 5.78 Å². The predicted octanol–water partition coefficient (Wildman–Crippen LogP) is 2.85. The molecule has 0 fully saturated rings. The Morgan fingerprint density at radius 2 is 2.00 bits per heavy atom. The lowest BCUT2D eigenvalue weighted by Gasteiger charge is -2.02. The van der Waals surface area contributed by atoms with Crippen LogP contribution in [-0.2, 0) is 0 Å². The molecule has 14 heavy (non-hydrogen) atoms. The molecule has 0 aliphatic heterocycles. The topological polar surface area (TPSA) is 30.0 Å². The maximum atomic E-state index is 11.6. The van der Waals surface area contributed by atoms with Crippen molar-refractivity contribution < 1.29 is 4.79 Å². The van der Waals surface area contributed by atoms with Gasteiger partial charge in [0.05, 0.1) is 0 Å². The quantitative estimate of drug-likeness (QED) is 0.538. The van der Waals surface area contributed by atoms with Crippen LogP contribution in [0.1, 0.15) is 34.6 Å². The van der Waals surface area contributed by atoms with E-state index >= 15 is 0 Å². The number of hydrogen-bond acceptors (Lipinski definition) is 2. The van der Waals surface area contributed by atoms with Gasteiger partial charge in [0.25, 0.3) is 0 Å².